The van der Waals surface area contributed by atoms with E-state index < -0.39 is 0 Å². The third-order valence-electron chi connectivity index (χ3n) is 2.26. The van der Waals surface area contributed by atoms with Gasteiger partial charge in [-0.25, -0.2) is 0 Å². The largest absolute Gasteiger partial charge is 0.491 e. The molecular formula is C11H14O2S. The maximum Gasteiger partial charge on any atom is 0.119 e. The highest BCUT2D eigenvalue weighted by molar-refractivity contribution is 7.80. The van der Waals surface area contributed by atoms with Crippen molar-refractivity contribution >= 4 is 12.6 Å². The summed E-state index contributed by atoms with van der Waals surface area (Å²) in [5, 5.41) is 0. The Morgan fingerprint density at radius 2 is 2.07 bits per heavy atom. The van der Waals surface area contributed by atoms with Crippen LogP contribution >= 0.6 is 12.6 Å². The number of ether oxygens (including phenoxy) is 2. The van der Waals surface area contributed by atoms with Gasteiger partial charge in [-0.1, -0.05) is 18.2 Å². The molecule has 0 N–H and O–H groups in total. The van der Waals surface area contributed by atoms with E-state index in [1.54, 1.807) is 0 Å². The predicted octanol–water partition coefficient (Wildman–Crippen LogP) is 2.50. The summed E-state index contributed by atoms with van der Waals surface area (Å²) in [6, 6.07) is 9.81. The van der Waals surface area contributed by atoms with Crippen LogP contribution in [0, 0.1) is 0 Å². The molecule has 1 aromatic carbocycles. The first-order valence-electron chi connectivity index (χ1n) is 4.86. The fraction of sp³-hybridized carbons (Fsp3) is 0.455. The van der Waals surface area contributed by atoms with E-state index in [-0.39, 0.29) is 11.5 Å². The maximum atomic E-state index is 5.58. The number of hydrogen-bond donors (Lipinski definition) is 1. The van der Waals surface area contributed by atoms with Gasteiger partial charge in [-0.05, 0) is 25.0 Å². The third-order valence-corrected chi connectivity index (χ3v) is 2.64. The summed E-state index contributed by atoms with van der Waals surface area (Å²) in [6.45, 7) is 0.626. The molecule has 0 bridgehead atoms. The normalized spacial score (nSPS) is 26.4. The average Bonchev–Trinajstić information content (AvgIpc) is 2.63. The Bertz CT molecular complexity index is 276. The second-order valence-corrected chi connectivity index (χ2v) is 3.99. The summed E-state index contributed by atoms with van der Waals surface area (Å²) in [5.74, 6) is 0.902. The Labute approximate surface area is 89.6 Å². The van der Waals surface area contributed by atoms with Crippen LogP contribution in [0.25, 0.3) is 0 Å². The lowest BCUT2D eigenvalue weighted by atomic mass is 10.2. The molecule has 0 radical (unpaired) electrons. The van der Waals surface area contributed by atoms with Gasteiger partial charge in [-0.2, -0.15) is 0 Å². The van der Waals surface area contributed by atoms with Crippen molar-refractivity contribution in [2.24, 2.45) is 0 Å². The fourth-order valence-corrected chi connectivity index (χ4v) is 1.84. The van der Waals surface area contributed by atoms with Crippen molar-refractivity contribution in [2.75, 3.05) is 6.61 Å². The summed E-state index contributed by atoms with van der Waals surface area (Å²) in [4.78, 5) is 0. The number of rotatable bonds is 3. The summed E-state index contributed by atoms with van der Waals surface area (Å²) >= 11 is 4.25. The molecule has 1 aliphatic rings. The molecule has 1 heterocycles. The third kappa shape index (κ3) is 2.66. The molecule has 2 atom stereocenters. The van der Waals surface area contributed by atoms with E-state index in [0.29, 0.717) is 6.61 Å². The van der Waals surface area contributed by atoms with Crippen LogP contribution in [0.15, 0.2) is 30.3 Å². The summed E-state index contributed by atoms with van der Waals surface area (Å²) in [7, 11) is 0. The van der Waals surface area contributed by atoms with E-state index in [2.05, 4.69) is 12.6 Å². The zero-order valence-electron chi connectivity index (χ0n) is 7.93. The Morgan fingerprint density at radius 3 is 2.71 bits per heavy atom. The highest BCUT2D eigenvalue weighted by Gasteiger charge is 2.22. The second kappa shape index (κ2) is 4.71. The van der Waals surface area contributed by atoms with Gasteiger partial charge in [-0.15, -0.1) is 12.6 Å². The van der Waals surface area contributed by atoms with Gasteiger partial charge in [0.2, 0.25) is 0 Å². The molecule has 14 heavy (non-hydrogen) atoms. The SMILES string of the molecule is SC1CC[C@@H](COc2ccccc2)O1. The van der Waals surface area contributed by atoms with Crippen LogP contribution in [0.2, 0.25) is 0 Å². The van der Waals surface area contributed by atoms with Gasteiger partial charge in [0, 0.05) is 0 Å². The molecule has 1 fully saturated rings. The van der Waals surface area contributed by atoms with Crippen molar-refractivity contribution in [3.63, 3.8) is 0 Å². The Kier molecular flexibility index (Phi) is 3.32. The van der Waals surface area contributed by atoms with E-state index >= 15 is 0 Å². The van der Waals surface area contributed by atoms with Crippen molar-refractivity contribution in [2.45, 2.75) is 24.4 Å². The van der Waals surface area contributed by atoms with Crippen molar-refractivity contribution in [1.82, 2.24) is 0 Å². The molecule has 76 valence electrons. The average molecular weight is 210 g/mol. The molecule has 1 saturated heterocycles. The minimum absolute atomic E-state index is 0.0966. The van der Waals surface area contributed by atoms with Crippen molar-refractivity contribution in [3.05, 3.63) is 30.3 Å². The van der Waals surface area contributed by atoms with Gasteiger partial charge in [0.25, 0.3) is 0 Å². The zero-order valence-corrected chi connectivity index (χ0v) is 8.82. The molecule has 0 aromatic heterocycles. The molecule has 1 unspecified atom stereocenters. The van der Waals surface area contributed by atoms with E-state index in [9.17, 15) is 0 Å². The van der Waals surface area contributed by atoms with Gasteiger partial charge in [0.15, 0.2) is 0 Å². The van der Waals surface area contributed by atoms with Crippen LogP contribution in [0.4, 0.5) is 0 Å². The number of hydrogen-bond acceptors (Lipinski definition) is 3. The van der Waals surface area contributed by atoms with Crippen LogP contribution in [-0.4, -0.2) is 18.1 Å². The van der Waals surface area contributed by atoms with Crippen LogP contribution in [0.1, 0.15) is 12.8 Å². The second-order valence-electron chi connectivity index (χ2n) is 3.41. The van der Waals surface area contributed by atoms with Gasteiger partial charge < -0.3 is 9.47 Å². The van der Waals surface area contributed by atoms with Crippen molar-refractivity contribution in [3.8, 4) is 5.75 Å². The molecule has 0 saturated carbocycles. The van der Waals surface area contributed by atoms with E-state index in [4.69, 9.17) is 9.47 Å². The minimum atomic E-state index is 0.0966. The molecule has 2 rings (SSSR count). The summed E-state index contributed by atoms with van der Waals surface area (Å²) in [5.41, 5.74) is 0.0966. The minimum Gasteiger partial charge on any atom is -0.491 e. The van der Waals surface area contributed by atoms with Gasteiger partial charge >= 0.3 is 0 Å². The lowest BCUT2D eigenvalue weighted by molar-refractivity contribution is 0.0551. The number of para-hydroxylation sites is 1. The standard InChI is InChI=1S/C11H14O2S/c14-11-7-6-10(13-11)8-12-9-4-2-1-3-5-9/h1-5,10-11,14H,6-8H2/t10-,11?/m0/s1. The lowest BCUT2D eigenvalue weighted by Gasteiger charge is -2.12. The van der Waals surface area contributed by atoms with Crippen LogP contribution in [-0.2, 0) is 4.74 Å². The van der Waals surface area contributed by atoms with Gasteiger partial charge in [0.1, 0.15) is 17.8 Å². The topological polar surface area (TPSA) is 18.5 Å². The highest BCUT2D eigenvalue weighted by atomic mass is 32.1. The quantitative estimate of drug-likeness (QED) is 0.773. The van der Waals surface area contributed by atoms with Crippen LogP contribution in [0.5, 0.6) is 5.75 Å². The first-order chi connectivity index (χ1) is 6.84. The molecule has 3 heteroatoms. The van der Waals surface area contributed by atoms with E-state index in [1.807, 2.05) is 30.3 Å². The molecule has 0 spiro atoms. The van der Waals surface area contributed by atoms with Crippen molar-refractivity contribution < 1.29 is 9.47 Å². The molecule has 1 aromatic rings. The molecule has 0 amide bonds. The van der Waals surface area contributed by atoms with Crippen molar-refractivity contribution in [1.29, 1.82) is 0 Å². The van der Waals surface area contributed by atoms with E-state index in [1.165, 1.54) is 0 Å². The molecule has 1 aliphatic heterocycles. The summed E-state index contributed by atoms with van der Waals surface area (Å²) < 4.78 is 11.1. The summed E-state index contributed by atoms with van der Waals surface area (Å²) in [6.07, 6.45) is 2.27. The monoisotopic (exact) mass is 210 g/mol. The fourth-order valence-electron chi connectivity index (χ4n) is 1.52. The number of thiol groups is 1. The molecular weight excluding hydrogens is 196 g/mol. The first kappa shape index (κ1) is 9.87. The lowest BCUT2D eigenvalue weighted by Crippen LogP contribution is -2.17. The molecule has 0 aliphatic carbocycles. The Hall–Kier alpha value is -0.670. The predicted molar refractivity (Wildman–Crippen MR) is 58.8 cm³/mol. The van der Waals surface area contributed by atoms with Crippen LogP contribution in [0.3, 0.4) is 0 Å². The first-order valence-corrected chi connectivity index (χ1v) is 5.37. The Balaban J connectivity index is 1.78. The highest BCUT2D eigenvalue weighted by Crippen LogP contribution is 2.22. The smallest absolute Gasteiger partial charge is 0.119 e. The van der Waals surface area contributed by atoms with E-state index in [0.717, 1.165) is 18.6 Å². The van der Waals surface area contributed by atoms with Gasteiger partial charge in [-0.3, -0.25) is 0 Å². The Morgan fingerprint density at radius 1 is 1.29 bits per heavy atom. The van der Waals surface area contributed by atoms with Crippen LogP contribution < -0.4 is 4.74 Å². The van der Waals surface area contributed by atoms with Gasteiger partial charge in [0.05, 0.1) is 6.10 Å². The number of benzene rings is 1. The maximum absolute atomic E-state index is 5.58. The zero-order chi connectivity index (χ0) is 9.80. The molecule has 2 nitrogen and oxygen atoms in total.